The first-order chi connectivity index (χ1) is 8.29. The van der Waals surface area contributed by atoms with Gasteiger partial charge in [0.15, 0.2) is 0 Å². The van der Waals surface area contributed by atoms with Gasteiger partial charge in [-0.1, -0.05) is 13.3 Å². The van der Waals surface area contributed by atoms with Crippen LogP contribution in [-0.2, 0) is 6.54 Å². The fraction of sp³-hybridized carbons (Fsp3) is 0.615. The summed E-state index contributed by atoms with van der Waals surface area (Å²) in [6.07, 6.45) is 6.61. The topological polar surface area (TPSA) is 34.1 Å². The summed E-state index contributed by atoms with van der Waals surface area (Å²) in [5, 5.41) is 3.49. The Balaban J connectivity index is 1.95. The lowest BCUT2D eigenvalue weighted by Crippen LogP contribution is -2.16. The molecular formula is C13H19BrN2O. The monoisotopic (exact) mass is 298 g/mol. The normalized spacial score (nSPS) is 14.9. The van der Waals surface area contributed by atoms with E-state index in [0.717, 1.165) is 41.9 Å². The first-order valence-electron chi connectivity index (χ1n) is 6.30. The smallest absolute Gasteiger partial charge is 0.217 e. The Labute approximate surface area is 111 Å². The second-order valence-corrected chi connectivity index (χ2v) is 5.39. The van der Waals surface area contributed by atoms with Crippen LogP contribution in [0.3, 0.4) is 0 Å². The van der Waals surface area contributed by atoms with Gasteiger partial charge in [0.1, 0.15) is 0 Å². The van der Waals surface area contributed by atoms with Crippen molar-refractivity contribution in [3.63, 3.8) is 0 Å². The molecule has 1 saturated carbocycles. The van der Waals surface area contributed by atoms with Gasteiger partial charge in [-0.25, -0.2) is 4.98 Å². The largest absolute Gasteiger partial charge is 0.477 e. The molecule has 0 spiro atoms. The predicted octanol–water partition coefficient (Wildman–Crippen LogP) is 3.28. The molecule has 0 bridgehead atoms. The van der Waals surface area contributed by atoms with E-state index in [2.05, 4.69) is 39.2 Å². The van der Waals surface area contributed by atoms with Crippen LogP contribution < -0.4 is 10.1 Å². The quantitative estimate of drug-likeness (QED) is 0.785. The van der Waals surface area contributed by atoms with Crippen LogP contribution in [-0.4, -0.2) is 17.6 Å². The van der Waals surface area contributed by atoms with E-state index in [1.807, 2.05) is 0 Å². The first kappa shape index (κ1) is 12.8. The fourth-order valence-electron chi connectivity index (χ4n) is 1.58. The molecule has 1 heterocycles. The molecule has 1 aromatic rings. The van der Waals surface area contributed by atoms with E-state index < -0.39 is 0 Å². The Hall–Kier alpha value is -0.610. The van der Waals surface area contributed by atoms with Crippen LogP contribution in [0.5, 0.6) is 5.88 Å². The molecule has 1 fully saturated rings. The maximum absolute atomic E-state index is 5.71. The number of rotatable bonds is 7. The lowest BCUT2D eigenvalue weighted by molar-refractivity contribution is 0.293. The standard InChI is InChI=1S/C13H19BrN2O/c1-2-3-6-17-13-10(7-11(14)9-16-13)8-15-12-4-5-12/h7,9,12,15H,2-6,8H2,1H3. The van der Waals surface area contributed by atoms with Crippen LogP contribution in [0.25, 0.3) is 0 Å². The van der Waals surface area contributed by atoms with Crippen molar-refractivity contribution >= 4 is 15.9 Å². The summed E-state index contributed by atoms with van der Waals surface area (Å²) in [5.74, 6) is 0.773. The summed E-state index contributed by atoms with van der Waals surface area (Å²) in [7, 11) is 0. The maximum Gasteiger partial charge on any atom is 0.217 e. The van der Waals surface area contributed by atoms with Crippen molar-refractivity contribution in [3.8, 4) is 5.88 Å². The van der Waals surface area contributed by atoms with E-state index in [1.54, 1.807) is 6.20 Å². The fourth-order valence-corrected chi connectivity index (χ4v) is 1.96. The number of aromatic nitrogens is 1. The van der Waals surface area contributed by atoms with Crippen LogP contribution in [0.15, 0.2) is 16.7 Å². The van der Waals surface area contributed by atoms with Crippen molar-refractivity contribution in [1.29, 1.82) is 0 Å². The number of hydrogen-bond acceptors (Lipinski definition) is 3. The number of halogens is 1. The van der Waals surface area contributed by atoms with E-state index in [4.69, 9.17) is 4.74 Å². The zero-order valence-electron chi connectivity index (χ0n) is 10.2. The third kappa shape index (κ3) is 4.28. The molecule has 3 nitrogen and oxygen atoms in total. The number of ether oxygens (including phenoxy) is 1. The summed E-state index contributed by atoms with van der Waals surface area (Å²) in [6, 6.07) is 2.79. The Morgan fingerprint density at radius 1 is 1.53 bits per heavy atom. The Kier molecular flexibility index (Phi) is 4.80. The van der Waals surface area contributed by atoms with Crippen LogP contribution in [0.1, 0.15) is 38.2 Å². The molecule has 0 atom stereocenters. The molecule has 1 N–H and O–H groups in total. The molecule has 94 valence electrons. The van der Waals surface area contributed by atoms with Gasteiger partial charge in [-0.05, 0) is 41.3 Å². The van der Waals surface area contributed by atoms with Crippen LogP contribution in [0.4, 0.5) is 0 Å². The van der Waals surface area contributed by atoms with Crippen molar-refractivity contribution in [2.45, 2.75) is 45.2 Å². The highest BCUT2D eigenvalue weighted by Crippen LogP contribution is 2.23. The molecule has 4 heteroatoms. The summed E-state index contributed by atoms with van der Waals surface area (Å²) < 4.78 is 6.72. The van der Waals surface area contributed by atoms with Gasteiger partial charge in [-0.15, -0.1) is 0 Å². The minimum atomic E-state index is 0.706. The van der Waals surface area contributed by atoms with Gasteiger partial charge in [0.2, 0.25) is 5.88 Å². The SMILES string of the molecule is CCCCOc1ncc(Br)cc1CNC1CC1. The van der Waals surface area contributed by atoms with Crippen LogP contribution in [0.2, 0.25) is 0 Å². The second-order valence-electron chi connectivity index (χ2n) is 4.48. The van der Waals surface area contributed by atoms with E-state index in [0.29, 0.717) is 6.04 Å². The third-order valence-electron chi connectivity index (χ3n) is 2.79. The minimum absolute atomic E-state index is 0.706. The molecule has 0 unspecified atom stereocenters. The van der Waals surface area contributed by atoms with Crippen molar-refractivity contribution in [1.82, 2.24) is 10.3 Å². The first-order valence-corrected chi connectivity index (χ1v) is 7.09. The Morgan fingerprint density at radius 2 is 2.35 bits per heavy atom. The zero-order chi connectivity index (χ0) is 12.1. The van der Waals surface area contributed by atoms with Crippen LogP contribution >= 0.6 is 15.9 Å². The predicted molar refractivity (Wildman–Crippen MR) is 72.2 cm³/mol. The molecule has 2 rings (SSSR count). The summed E-state index contributed by atoms with van der Waals surface area (Å²) >= 11 is 3.45. The van der Waals surface area contributed by atoms with Gasteiger partial charge in [0, 0.05) is 28.8 Å². The average Bonchev–Trinajstić information content (AvgIpc) is 3.13. The molecule has 0 aliphatic heterocycles. The molecule has 17 heavy (non-hydrogen) atoms. The molecule has 0 saturated heterocycles. The second kappa shape index (κ2) is 6.36. The van der Waals surface area contributed by atoms with Gasteiger partial charge in [0.05, 0.1) is 6.61 Å². The highest BCUT2D eigenvalue weighted by atomic mass is 79.9. The molecule has 1 aliphatic rings. The van der Waals surface area contributed by atoms with E-state index in [9.17, 15) is 0 Å². The molecule has 0 aromatic carbocycles. The number of unbranched alkanes of at least 4 members (excludes halogenated alkanes) is 1. The van der Waals surface area contributed by atoms with Crippen molar-refractivity contribution in [2.24, 2.45) is 0 Å². The van der Waals surface area contributed by atoms with Gasteiger partial charge in [0.25, 0.3) is 0 Å². The highest BCUT2D eigenvalue weighted by Gasteiger charge is 2.20. The summed E-state index contributed by atoms with van der Waals surface area (Å²) in [4.78, 5) is 4.34. The van der Waals surface area contributed by atoms with Gasteiger partial charge in [-0.3, -0.25) is 0 Å². The van der Waals surface area contributed by atoms with Gasteiger partial charge in [-0.2, -0.15) is 0 Å². The van der Waals surface area contributed by atoms with Gasteiger partial charge < -0.3 is 10.1 Å². The molecule has 1 aromatic heterocycles. The van der Waals surface area contributed by atoms with Crippen molar-refractivity contribution in [2.75, 3.05) is 6.61 Å². The molecule has 0 amide bonds. The Morgan fingerprint density at radius 3 is 3.06 bits per heavy atom. The lowest BCUT2D eigenvalue weighted by atomic mass is 10.2. The number of nitrogens with one attached hydrogen (secondary N) is 1. The van der Waals surface area contributed by atoms with E-state index in [1.165, 1.54) is 12.8 Å². The number of pyridine rings is 1. The van der Waals surface area contributed by atoms with E-state index >= 15 is 0 Å². The summed E-state index contributed by atoms with van der Waals surface area (Å²) in [6.45, 7) is 3.76. The summed E-state index contributed by atoms with van der Waals surface area (Å²) in [5.41, 5.74) is 1.14. The van der Waals surface area contributed by atoms with Crippen LogP contribution in [0, 0.1) is 0 Å². The number of hydrogen-bond donors (Lipinski definition) is 1. The zero-order valence-corrected chi connectivity index (χ0v) is 11.8. The number of nitrogens with zero attached hydrogens (tertiary/aromatic N) is 1. The van der Waals surface area contributed by atoms with E-state index in [-0.39, 0.29) is 0 Å². The Bertz CT molecular complexity index is 366. The van der Waals surface area contributed by atoms with Gasteiger partial charge >= 0.3 is 0 Å². The lowest BCUT2D eigenvalue weighted by Gasteiger charge is -2.11. The highest BCUT2D eigenvalue weighted by molar-refractivity contribution is 9.10. The maximum atomic E-state index is 5.71. The third-order valence-corrected chi connectivity index (χ3v) is 3.22. The van der Waals surface area contributed by atoms with Crippen molar-refractivity contribution < 1.29 is 4.74 Å². The molecular weight excluding hydrogens is 280 g/mol. The molecule has 1 aliphatic carbocycles. The minimum Gasteiger partial charge on any atom is -0.477 e. The molecule has 0 radical (unpaired) electrons. The average molecular weight is 299 g/mol. The van der Waals surface area contributed by atoms with Crippen molar-refractivity contribution in [3.05, 3.63) is 22.3 Å².